The van der Waals surface area contributed by atoms with Gasteiger partial charge in [0.2, 0.25) is 5.89 Å². The number of carbonyl (C=O) groups excluding carboxylic acids is 1. The molecule has 5 nitrogen and oxygen atoms in total. The van der Waals surface area contributed by atoms with Gasteiger partial charge in [0.05, 0.1) is 0 Å². The SMILES string of the molecule is O=C(NCCCC[C@H](O)c1nc2ccccc2o1)[C@@H](F)CCc1ccccc1. The fourth-order valence-corrected chi connectivity index (χ4v) is 3.01. The summed E-state index contributed by atoms with van der Waals surface area (Å²) in [7, 11) is 0. The fourth-order valence-electron chi connectivity index (χ4n) is 3.01. The number of amides is 1. The average molecular weight is 384 g/mol. The maximum atomic E-state index is 14.0. The minimum Gasteiger partial charge on any atom is -0.438 e. The number of halogens is 1. The molecule has 0 spiro atoms. The molecule has 0 saturated heterocycles. The zero-order valence-electron chi connectivity index (χ0n) is 15.7. The van der Waals surface area contributed by atoms with Gasteiger partial charge in [0.15, 0.2) is 11.8 Å². The predicted octanol–water partition coefficient (Wildman–Crippen LogP) is 4.12. The molecule has 0 radical (unpaired) electrons. The number of oxazole rings is 1. The van der Waals surface area contributed by atoms with Crippen LogP contribution in [0.15, 0.2) is 59.0 Å². The van der Waals surface area contributed by atoms with Crippen LogP contribution < -0.4 is 5.32 Å². The Morgan fingerprint density at radius 3 is 2.61 bits per heavy atom. The van der Waals surface area contributed by atoms with Gasteiger partial charge in [-0.2, -0.15) is 0 Å². The number of hydrogen-bond acceptors (Lipinski definition) is 4. The monoisotopic (exact) mass is 384 g/mol. The number of fused-ring (bicyclic) bond motifs is 1. The van der Waals surface area contributed by atoms with E-state index in [1.165, 1.54) is 0 Å². The van der Waals surface area contributed by atoms with Crippen LogP contribution >= 0.6 is 0 Å². The van der Waals surface area contributed by atoms with Crippen LogP contribution in [0.25, 0.3) is 11.1 Å². The number of unbranched alkanes of at least 4 members (excludes halogenated alkanes) is 1. The molecule has 0 unspecified atom stereocenters. The molecule has 0 bridgehead atoms. The maximum absolute atomic E-state index is 14.0. The summed E-state index contributed by atoms with van der Waals surface area (Å²) in [5.41, 5.74) is 2.38. The predicted molar refractivity (Wildman–Crippen MR) is 105 cm³/mol. The highest BCUT2D eigenvalue weighted by Crippen LogP contribution is 2.23. The van der Waals surface area contributed by atoms with Crippen molar-refractivity contribution in [3.8, 4) is 0 Å². The molecule has 2 N–H and O–H groups in total. The average Bonchev–Trinajstić information content (AvgIpc) is 3.16. The Morgan fingerprint density at radius 2 is 1.82 bits per heavy atom. The quantitative estimate of drug-likeness (QED) is 0.516. The van der Waals surface area contributed by atoms with Crippen LogP contribution in [-0.2, 0) is 11.2 Å². The van der Waals surface area contributed by atoms with E-state index in [-0.39, 0.29) is 6.42 Å². The molecule has 0 saturated carbocycles. The molecule has 1 aromatic heterocycles. The number of aliphatic hydroxyl groups excluding tert-OH is 1. The molecule has 6 heteroatoms. The minimum atomic E-state index is -1.51. The van der Waals surface area contributed by atoms with Crippen molar-refractivity contribution in [1.82, 2.24) is 10.3 Å². The van der Waals surface area contributed by atoms with Gasteiger partial charge in [-0.05, 0) is 49.8 Å². The second kappa shape index (κ2) is 9.99. The lowest BCUT2D eigenvalue weighted by Crippen LogP contribution is -2.33. The van der Waals surface area contributed by atoms with Gasteiger partial charge in [-0.1, -0.05) is 42.5 Å². The van der Waals surface area contributed by atoms with E-state index >= 15 is 0 Å². The van der Waals surface area contributed by atoms with Gasteiger partial charge in [0, 0.05) is 6.54 Å². The second-order valence-corrected chi connectivity index (χ2v) is 6.81. The second-order valence-electron chi connectivity index (χ2n) is 6.81. The molecular formula is C22H25FN2O3. The number of nitrogens with zero attached hydrogens (tertiary/aromatic N) is 1. The maximum Gasteiger partial charge on any atom is 0.254 e. The summed E-state index contributed by atoms with van der Waals surface area (Å²) in [5, 5.41) is 12.8. The third-order valence-corrected chi connectivity index (χ3v) is 4.61. The van der Waals surface area contributed by atoms with Crippen molar-refractivity contribution < 1.29 is 18.7 Å². The summed E-state index contributed by atoms with van der Waals surface area (Å²) in [5.74, 6) is -0.273. The van der Waals surface area contributed by atoms with Gasteiger partial charge in [0.1, 0.15) is 11.6 Å². The van der Waals surface area contributed by atoms with Crippen LogP contribution in [0.4, 0.5) is 4.39 Å². The highest BCUT2D eigenvalue weighted by atomic mass is 19.1. The first-order valence-corrected chi connectivity index (χ1v) is 9.62. The summed E-state index contributed by atoms with van der Waals surface area (Å²) in [6.07, 6.45) is 0.192. The zero-order valence-corrected chi connectivity index (χ0v) is 15.7. The van der Waals surface area contributed by atoms with Crippen LogP contribution in [0.1, 0.15) is 43.2 Å². The highest BCUT2D eigenvalue weighted by molar-refractivity contribution is 5.80. The number of aliphatic hydroxyl groups is 1. The van der Waals surface area contributed by atoms with Gasteiger partial charge in [-0.3, -0.25) is 4.79 Å². The van der Waals surface area contributed by atoms with E-state index in [1.807, 2.05) is 48.5 Å². The zero-order chi connectivity index (χ0) is 19.8. The smallest absolute Gasteiger partial charge is 0.254 e. The number of hydrogen-bond donors (Lipinski definition) is 2. The van der Waals surface area contributed by atoms with Gasteiger partial charge >= 0.3 is 0 Å². The van der Waals surface area contributed by atoms with E-state index < -0.39 is 18.2 Å². The van der Waals surface area contributed by atoms with E-state index in [0.717, 1.165) is 5.56 Å². The summed E-state index contributed by atoms with van der Waals surface area (Å²) < 4.78 is 19.5. The molecule has 0 aliphatic rings. The number of aromatic nitrogens is 1. The van der Waals surface area contributed by atoms with Crippen molar-refractivity contribution in [3.05, 3.63) is 66.1 Å². The number of nitrogens with one attached hydrogen (secondary N) is 1. The molecular weight excluding hydrogens is 359 g/mol. The first-order chi connectivity index (χ1) is 13.6. The third-order valence-electron chi connectivity index (χ3n) is 4.61. The Balaban J connectivity index is 1.32. The topological polar surface area (TPSA) is 75.4 Å². The Hall–Kier alpha value is -2.73. The van der Waals surface area contributed by atoms with Crippen LogP contribution in [-0.4, -0.2) is 28.7 Å². The van der Waals surface area contributed by atoms with Crippen LogP contribution in [0, 0.1) is 0 Å². The van der Waals surface area contributed by atoms with E-state index in [2.05, 4.69) is 10.3 Å². The van der Waals surface area contributed by atoms with Crippen molar-refractivity contribution >= 4 is 17.0 Å². The summed E-state index contributed by atoms with van der Waals surface area (Å²) in [6.45, 7) is 0.380. The van der Waals surface area contributed by atoms with Crippen molar-refractivity contribution in [3.63, 3.8) is 0 Å². The molecule has 3 aromatic rings. The number of benzene rings is 2. The normalized spacial score (nSPS) is 13.4. The molecule has 3 rings (SSSR count). The first kappa shape index (κ1) is 20.0. The van der Waals surface area contributed by atoms with Crippen molar-refractivity contribution in [1.29, 1.82) is 0 Å². The summed E-state index contributed by atoms with van der Waals surface area (Å²) >= 11 is 0. The molecule has 0 fully saturated rings. The first-order valence-electron chi connectivity index (χ1n) is 9.62. The summed E-state index contributed by atoms with van der Waals surface area (Å²) in [4.78, 5) is 16.1. The van der Waals surface area contributed by atoms with Crippen LogP contribution in [0.5, 0.6) is 0 Å². The van der Waals surface area contributed by atoms with Gasteiger partial charge < -0.3 is 14.8 Å². The third kappa shape index (κ3) is 5.63. The number of aryl methyl sites for hydroxylation is 1. The molecule has 1 amide bonds. The van der Waals surface area contributed by atoms with E-state index in [0.29, 0.717) is 49.2 Å². The molecule has 28 heavy (non-hydrogen) atoms. The Bertz CT molecular complexity index is 849. The standard InChI is InChI=1S/C22H25FN2O3/c23-17(14-13-16-8-2-1-3-9-16)21(27)24-15-7-6-11-19(26)22-25-18-10-4-5-12-20(18)28-22/h1-5,8-10,12,17,19,26H,6-7,11,13-15H2,(H,24,27)/t17-,19-/m0/s1. The van der Waals surface area contributed by atoms with Crippen LogP contribution in [0.2, 0.25) is 0 Å². The number of rotatable bonds is 10. The largest absolute Gasteiger partial charge is 0.438 e. The lowest BCUT2D eigenvalue weighted by molar-refractivity contribution is -0.126. The minimum absolute atomic E-state index is 0.173. The van der Waals surface area contributed by atoms with Crippen molar-refractivity contribution in [2.75, 3.05) is 6.54 Å². The Morgan fingerprint density at radius 1 is 1.07 bits per heavy atom. The van der Waals surface area contributed by atoms with Gasteiger partial charge in [0.25, 0.3) is 5.91 Å². The van der Waals surface area contributed by atoms with Crippen LogP contribution in [0.3, 0.4) is 0 Å². The van der Waals surface area contributed by atoms with E-state index in [1.54, 1.807) is 6.07 Å². The van der Waals surface area contributed by atoms with Crippen molar-refractivity contribution in [2.24, 2.45) is 0 Å². The molecule has 2 atom stereocenters. The van der Waals surface area contributed by atoms with Crippen molar-refractivity contribution in [2.45, 2.75) is 44.4 Å². The molecule has 0 aliphatic carbocycles. The van der Waals surface area contributed by atoms with E-state index in [9.17, 15) is 14.3 Å². The molecule has 2 aromatic carbocycles. The fraction of sp³-hybridized carbons (Fsp3) is 0.364. The molecule has 0 aliphatic heterocycles. The van der Waals surface area contributed by atoms with Gasteiger partial charge in [-0.15, -0.1) is 0 Å². The lowest BCUT2D eigenvalue weighted by Gasteiger charge is -2.10. The number of para-hydroxylation sites is 2. The number of carbonyl (C=O) groups is 1. The lowest BCUT2D eigenvalue weighted by atomic mass is 10.1. The van der Waals surface area contributed by atoms with E-state index in [4.69, 9.17) is 4.42 Å². The Kier molecular flexibility index (Phi) is 7.14. The summed E-state index contributed by atoms with van der Waals surface area (Å²) in [6, 6.07) is 16.9. The Labute approximate surface area is 163 Å². The highest BCUT2D eigenvalue weighted by Gasteiger charge is 2.17. The molecule has 148 valence electrons. The van der Waals surface area contributed by atoms with Gasteiger partial charge in [-0.25, -0.2) is 9.37 Å². The number of alkyl halides is 1. The molecule has 1 heterocycles.